The fourth-order valence-electron chi connectivity index (χ4n) is 2.60. The molecule has 1 aliphatic carbocycles. The zero-order valence-electron chi connectivity index (χ0n) is 12.0. The summed E-state index contributed by atoms with van der Waals surface area (Å²) in [5.74, 6) is 0.512. The first-order chi connectivity index (χ1) is 10.7. The molecule has 22 heavy (non-hydrogen) atoms. The molecular weight excluding hydrogens is 282 g/mol. The van der Waals surface area contributed by atoms with Gasteiger partial charge in [-0.3, -0.25) is 9.59 Å². The highest BCUT2D eigenvalue weighted by Crippen LogP contribution is 2.17. The van der Waals surface area contributed by atoms with Crippen molar-refractivity contribution in [1.29, 1.82) is 0 Å². The number of carbonyl (C=O) groups excluding carboxylic acids is 1. The lowest BCUT2D eigenvalue weighted by Crippen LogP contribution is -2.41. The van der Waals surface area contributed by atoms with Crippen molar-refractivity contribution >= 4 is 5.91 Å². The number of para-hydroxylation sites is 1. The minimum absolute atomic E-state index is 0.0129. The zero-order valence-corrected chi connectivity index (χ0v) is 12.0. The normalized spacial score (nSPS) is 16.6. The first kappa shape index (κ1) is 14.3. The molecule has 1 aromatic carbocycles. The number of rotatable bonds is 4. The molecule has 1 aliphatic rings. The smallest absolute Gasteiger partial charge is 0.264 e. The van der Waals surface area contributed by atoms with Crippen LogP contribution in [-0.2, 0) is 17.6 Å². The average molecular weight is 299 g/mol. The van der Waals surface area contributed by atoms with Crippen LogP contribution in [0.4, 0.5) is 0 Å². The molecule has 0 fully saturated rings. The standard InChI is InChI=1S/C16H17N3O3/c20-15-9-11-8-12(6-7-14(11)18-19-15)17-16(21)10-22-13-4-2-1-3-5-13/h1-5,9,12H,6-8,10H2,(H,17,21)(H,19,20)/t12-/m0/s1. The van der Waals surface area contributed by atoms with Crippen LogP contribution in [0.15, 0.2) is 41.2 Å². The van der Waals surface area contributed by atoms with Crippen LogP contribution in [0.5, 0.6) is 5.75 Å². The van der Waals surface area contributed by atoms with Crippen LogP contribution in [0.1, 0.15) is 17.7 Å². The molecule has 6 heteroatoms. The molecule has 1 heterocycles. The van der Waals surface area contributed by atoms with Crippen LogP contribution in [0.2, 0.25) is 0 Å². The molecule has 1 atom stereocenters. The SMILES string of the molecule is O=C(COc1ccccc1)N[C@H]1CCc2n[nH]c(=O)cc2C1. The second-order valence-corrected chi connectivity index (χ2v) is 5.31. The third-order valence-corrected chi connectivity index (χ3v) is 3.65. The number of aromatic nitrogens is 2. The van der Waals surface area contributed by atoms with E-state index in [1.165, 1.54) is 0 Å². The van der Waals surface area contributed by atoms with Crippen LogP contribution in [0, 0.1) is 0 Å². The minimum Gasteiger partial charge on any atom is -0.484 e. The van der Waals surface area contributed by atoms with Gasteiger partial charge in [0.25, 0.3) is 11.5 Å². The van der Waals surface area contributed by atoms with Gasteiger partial charge in [-0.1, -0.05) is 18.2 Å². The Morgan fingerprint density at radius 2 is 2.18 bits per heavy atom. The van der Waals surface area contributed by atoms with Crippen molar-refractivity contribution in [1.82, 2.24) is 15.5 Å². The van der Waals surface area contributed by atoms with Gasteiger partial charge in [0.1, 0.15) is 5.75 Å². The van der Waals surface area contributed by atoms with Gasteiger partial charge in [0.05, 0.1) is 5.69 Å². The Bertz CT molecular complexity index is 712. The molecule has 0 radical (unpaired) electrons. The van der Waals surface area contributed by atoms with Gasteiger partial charge in [0.15, 0.2) is 6.61 Å². The third-order valence-electron chi connectivity index (χ3n) is 3.65. The summed E-state index contributed by atoms with van der Waals surface area (Å²) >= 11 is 0. The van der Waals surface area contributed by atoms with Crippen LogP contribution in [0.25, 0.3) is 0 Å². The monoisotopic (exact) mass is 299 g/mol. The summed E-state index contributed by atoms with van der Waals surface area (Å²) in [6.45, 7) is -0.0129. The van der Waals surface area contributed by atoms with Crippen molar-refractivity contribution < 1.29 is 9.53 Å². The lowest BCUT2D eigenvalue weighted by Gasteiger charge is -2.24. The Hall–Kier alpha value is -2.63. The van der Waals surface area contributed by atoms with E-state index in [1.54, 1.807) is 6.07 Å². The van der Waals surface area contributed by atoms with Crippen LogP contribution in [0.3, 0.4) is 0 Å². The Kier molecular flexibility index (Phi) is 4.18. The summed E-state index contributed by atoms with van der Waals surface area (Å²) in [5, 5.41) is 9.42. The molecule has 0 saturated heterocycles. The van der Waals surface area contributed by atoms with Gasteiger partial charge in [-0.2, -0.15) is 5.10 Å². The van der Waals surface area contributed by atoms with Gasteiger partial charge in [-0.15, -0.1) is 0 Å². The van der Waals surface area contributed by atoms with Gasteiger partial charge in [-0.25, -0.2) is 5.10 Å². The van der Waals surface area contributed by atoms with Crippen LogP contribution < -0.4 is 15.6 Å². The van der Waals surface area contributed by atoms with Gasteiger partial charge < -0.3 is 10.1 Å². The van der Waals surface area contributed by atoms with E-state index in [0.717, 1.165) is 24.1 Å². The molecule has 1 aromatic heterocycles. The fourth-order valence-corrected chi connectivity index (χ4v) is 2.60. The lowest BCUT2D eigenvalue weighted by atomic mass is 9.92. The molecule has 0 bridgehead atoms. The summed E-state index contributed by atoms with van der Waals surface area (Å²) < 4.78 is 5.42. The van der Waals surface area contributed by atoms with E-state index in [4.69, 9.17) is 4.74 Å². The number of benzene rings is 1. The quantitative estimate of drug-likeness (QED) is 0.875. The van der Waals surface area contributed by atoms with Crippen molar-refractivity contribution in [3.63, 3.8) is 0 Å². The number of aromatic amines is 1. The van der Waals surface area contributed by atoms with E-state index < -0.39 is 0 Å². The van der Waals surface area contributed by atoms with Crippen molar-refractivity contribution in [2.24, 2.45) is 0 Å². The highest BCUT2D eigenvalue weighted by atomic mass is 16.5. The summed E-state index contributed by atoms with van der Waals surface area (Å²) in [6.07, 6.45) is 2.18. The molecule has 6 nitrogen and oxygen atoms in total. The first-order valence-corrected chi connectivity index (χ1v) is 7.25. The molecule has 0 saturated carbocycles. The minimum atomic E-state index is -0.210. The summed E-state index contributed by atoms with van der Waals surface area (Å²) in [5.41, 5.74) is 1.60. The molecule has 2 aromatic rings. The van der Waals surface area contributed by atoms with Crippen LogP contribution >= 0.6 is 0 Å². The number of amides is 1. The maximum absolute atomic E-state index is 11.9. The molecule has 0 unspecified atom stereocenters. The number of aryl methyl sites for hydroxylation is 1. The van der Waals surface area contributed by atoms with E-state index in [0.29, 0.717) is 12.2 Å². The fraction of sp³-hybridized carbons (Fsp3) is 0.312. The van der Waals surface area contributed by atoms with Gasteiger partial charge >= 0.3 is 0 Å². The Labute approximate surface area is 127 Å². The number of carbonyl (C=O) groups is 1. The second kappa shape index (κ2) is 6.43. The maximum atomic E-state index is 11.9. The molecular formula is C16H17N3O3. The topological polar surface area (TPSA) is 84.1 Å². The number of hydrogen-bond acceptors (Lipinski definition) is 4. The predicted octanol–water partition coefficient (Wildman–Crippen LogP) is 0.822. The predicted molar refractivity (Wildman–Crippen MR) is 80.8 cm³/mol. The summed E-state index contributed by atoms with van der Waals surface area (Å²) in [6, 6.07) is 10.8. The first-order valence-electron chi connectivity index (χ1n) is 7.25. The Balaban J connectivity index is 1.53. The number of fused-ring (bicyclic) bond motifs is 1. The lowest BCUT2D eigenvalue weighted by molar-refractivity contribution is -0.123. The Morgan fingerprint density at radius 1 is 1.36 bits per heavy atom. The zero-order chi connectivity index (χ0) is 15.4. The second-order valence-electron chi connectivity index (χ2n) is 5.31. The molecule has 114 valence electrons. The highest BCUT2D eigenvalue weighted by Gasteiger charge is 2.21. The number of nitrogens with one attached hydrogen (secondary N) is 2. The van der Waals surface area contributed by atoms with Gasteiger partial charge in [0, 0.05) is 12.1 Å². The van der Waals surface area contributed by atoms with Crippen molar-refractivity contribution in [2.75, 3.05) is 6.61 Å². The van der Waals surface area contributed by atoms with E-state index in [-0.39, 0.29) is 24.1 Å². The van der Waals surface area contributed by atoms with Crippen molar-refractivity contribution in [3.05, 3.63) is 58.0 Å². The molecule has 2 N–H and O–H groups in total. The van der Waals surface area contributed by atoms with E-state index in [9.17, 15) is 9.59 Å². The Morgan fingerprint density at radius 3 is 3.00 bits per heavy atom. The van der Waals surface area contributed by atoms with Gasteiger partial charge in [0.2, 0.25) is 0 Å². The summed E-state index contributed by atoms with van der Waals surface area (Å²) in [4.78, 5) is 23.2. The van der Waals surface area contributed by atoms with E-state index in [2.05, 4.69) is 15.5 Å². The van der Waals surface area contributed by atoms with E-state index in [1.807, 2.05) is 30.3 Å². The maximum Gasteiger partial charge on any atom is 0.264 e. The highest BCUT2D eigenvalue weighted by molar-refractivity contribution is 5.77. The molecule has 0 aliphatic heterocycles. The van der Waals surface area contributed by atoms with Gasteiger partial charge in [-0.05, 0) is 37.0 Å². The number of ether oxygens (including phenoxy) is 1. The van der Waals surface area contributed by atoms with Crippen molar-refractivity contribution in [2.45, 2.75) is 25.3 Å². The number of nitrogens with zero attached hydrogens (tertiary/aromatic N) is 1. The molecule has 1 amide bonds. The molecule has 3 rings (SSSR count). The molecule has 0 spiro atoms. The number of hydrogen-bond donors (Lipinski definition) is 2. The largest absolute Gasteiger partial charge is 0.484 e. The third kappa shape index (κ3) is 3.52. The van der Waals surface area contributed by atoms with Crippen LogP contribution in [-0.4, -0.2) is 28.8 Å². The number of H-pyrrole nitrogens is 1. The summed E-state index contributed by atoms with van der Waals surface area (Å²) in [7, 11) is 0. The van der Waals surface area contributed by atoms with E-state index >= 15 is 0 Å². The van der Waals surface area contributed by atoms with Crippen molar-refractivity contribution in [3.8, 4) is 5.75 Å². The average Bonchev–Trinajstić information content (AvgIpc) is 2.53.